The molecule has 1 heterocycles. The fourth-order valence-corrected chi connectivity index (χ4v) is 2.92. The molecule has 2 aliphatic rings. The maximum Gasteiger partial charge on any atom is 0.120 e. The number of nitrogens with zero attached hydrogens (tertiary/aromatic N) is 2. The van der Waals surface area contributed by atoms with Gasteiger partial charge in [0.2, 0.25) is 0 Å². The zero-order valence-electron chi connectivity index (χ0n) is 10.6. The van der Waals surface area contributed by atoms with Crippen LogP contribution in [0.15, 0.2) is 18.2 Å². The normalized spacial score (nSPS) is 23.1. The van der Waals surface area contributed by atoms with Crippen molar-refractivity contribution in [2.75, 3.05) is 31.6 Å². The smallest absolute Gasteiger partial charge is 0.120 e. The van der Waals surface area contributed by atoms with Gasteiger partial charge in [-0.25, -0.2) is 0 Å². The van der Waals surface area contributed by atoms with E-state index >= 15 is 0 Å². The van der Waals surface area contributed by atoms with Gasteiger partial charge >= 0.3 is 0 Å². The molecule has 0 aromatic heterocycles. The summed E-state index contributed by atoms with van der Waals surface area (Å²) in [6, 6.07) is 6.07. The van der Waals surface area contributed by atoms with Crippen LogP contribution < -0.4 is 4.90 Å². The van der Waals surface area contributed by atoms with E-state index in [1.807, 2.05) is 19.1 Å². The topological polar surface area (TPSA) is 26.7 Å². The third-order valence-corrected chi connectivity index (χ3v) is 4.17. The zero-order valence-corrected chi connectivity index (χ0v) is 10.6. The first kappa shape index (κ1) is 10.9. The van der Waals surface area contributed by atoms with Crippen LogP contribution >= 0.6 is 0 Å². The molecule has 1 spiro atoms. The van der Waals surface area contributed by atoms with Gasteiger partial charge in [0, 0.05) is 31.4 Å². The Bertz CT molecular complexity index is 440. The van der Waals surface area contributed by atoms with E-state index in [4.69, 9.17) is 0 Å². The van der Waals surface area contributed by atoms with Gasteiger partial charge in [0.25, 0.3) is 0 Å². The number of aryl methyl sites for hydroxylation is 1. The van der Waals surface area contributed by atoms with Gasteiger partial charge in [-0.1, -0.05) is 6.07 Å². The van der Waals surface area contributed by atoms with Gasteiger partial charge in [0.05, 0.1) is 5.54 Å². The second-order valence-corrected chi connectivity index (χ2v) is 5.58. The number of benzene rings is 1. The third-order valence-electron chi connectivity index (χ3n) is 4.17. The first-order chi connectivity index (χ1) is 8.11. The fourth-order valence-electron chi connectivity index (χ4n) is 2.92. The Morgan fingerprint density at radius 2 is 2.00 bits per heavy atom. The molecule has 92 valence electrons. The second-order valence-electron chi connectivity index (χ2n) is 5.58. The van der Waals surface area contributed by atoms with Crippen molar-refractivity contribution < 1.29 is 5.11 Å². The van der Waals surface area contributed by atoms with Crippen molar-refractivity contribution in [2.24, 2.45) is 0 Å². The van der Waals surface area contributed by atoms with Crippen molar-refractivity contribution in [3.63, 3.8) is 0 Å². The molecule has 3 rings (SSSR count). The molecule has 1 saturated heterocycles. The number of hydrogen-bond acceptors (Lipinski definition) is 3. The minimum atomic E-state index is 0.356. The molecule has 1 aliphatic heterocycles. The maximum absolute atomic E-state index is 9.84. The highest BCUT2D eigenvalue weighted by atomic mass is 16.3. The van der Waals surface area contributed by atoms with Gasteiger partial charge in [-0.3, -0.25) is 0 Å². The minimum absolute atomic E-state index is 0.356. The Morgan fingerprint density at radius 1 is 1.24 bits per heavy atom. The Kier molecular flexibility index (Phi) is 2.33. The summed E-state index contributed by atoms with van der Waals surface area (Å²) in [4.78, 5) is 4.91. The number of anilines is 1. The van der Waals surface area contributed by atoms with Crippen LogP contribution in [-0.4, -0.2) is 42.2 Å². The first-order valence-corrected chi connectivity index (χ1v) is 6.37. The van der Waals surface area contributed by atoms with Crippen LogP contribution in [0, 0.1) is 6.92 Å². The Morgan fingerprint density at radius 3 is 2.65 bits per heavy atom. The number of phenols is 1. The van der Waals surface area contributed by atoms with Gasteiger partial charge in [0.1, 0.15) is 5.75 Å². The number of aromatic hydroxyl groups is 1. The zero-order chi connectivity index (χ0) is 12.0. The molecule has 0 radical (unpaired) electrons. The lowest BCUT2D eigenvalue weighted by Gasteiger charge is -2.42. The van der Waals surface area contributed by atoms with Gasteiger partial charge in [-0.15, -0.1) is 0 Å². The Hall–Kier alpha value is -1.22. The summed E-state index contributed by atoms with van der Waals surface area (Å²) in [5.41, 5.74) is 2.49. The number of piperazine rings is 1. The monoisotopic (exact) mass is 232 g/mol. The lowest BCUT2D eigenvalue weighted by molar-refractivity contribution is 0.256. The molecule has 1 saturated carbocycles. The van der Waals surface area contributed by atoms with E-state index in [-0.39, 0.29) is 0 Å². The lowest BCUT2D eigenvalue weighted by Crippen LogP contribution is -2.53. The minimum Gasteiger partial charge on any atom is -0.508 e. The van der Waals surface area contributed by atoms with E-state index in [0.29, 0.717) is 11.3 Å². The van der Waals surface area contributed by atoms with Crippen LogP contribution in [0.3, 0.4) is 0 Å². The quantitative estimate of drug-likeness (QED) is 0.802. The molecular weight excluding hydrogens is 212 g/mol. The molecule has 0 amide bonds. The summed E-state index contributed by atoms with van der Waals surface area (Å²) in [7, 11) is 2.20. The molecule has 1 aromatic carbocycles. The van der Waals surface area contributed by atoms with Crippen molar-refractivity contribution >= 4 is 5.69 Å². The standard InChI is InChI=1S/C14H20N2O/c1-11-3-4-12(9-13(11)17)16-8-7-15(2)10-14(16)5-6-14/h3-4,9,17H,5-8,10H2,1-2H3. The molecule has 3 heteroatoms. The van der Waals surface area contributed by atoms with Crippen molar-refractivity contribution in [3.8, 4) is 5.75 Å². The van der Waals surface area contributed by atoms with Gasteiger partial charge < -0.3 is 14.9 Å². The van der Waals surface area contributed by atoms with Crippen LogP contribution in [0.1, 0.15) is 18.4 Å². The second kappa shape index (κ2) is 3.64. The van der Waals surface area contributed by atoms with E-state index < -0.39 is 0 Å². The molecule has 17 heavy (non-hydrogen) atoms. The number of phenolic OH excluding ortho intramolecular Hbond substituents is 1. The van der Waals surface area contributed by atoms with Gasteiger partial charge in [-0.05, 0) is 38.4 Å². The summed E-state index contributed by atoms with van der Waals surface area (Å²) in [6.45, 7) is 5.27. The van der Waals surface area contributed by atoms with Gasteiger partial charge in [0.15, 0.2) is 0 Å². The largest absolute Gasteiger partial charge is 0.508 e. The van der Waals surface area contributed by atoms with E-state index in [9.17, 15) is 5.11 Å². The Labute approximate surface area is 103 Å². The fraction of sp³-hybridized carbons (Fsp3) is 0.571. The highest BCUT2D eigenvalue weighted by Gasteiger charge is 2.50. The van der Waals surface area contributed by atoms with E-state index in [2.05, 4.69) is 22.9 Å². The average molecular weight is 232 g/mol. The first-order valence-electron chi connectivity index (χ1n) is 6.37. The average Bonchev–Trinajstić information content (AvgIpc) is 3.03. The van der Waals surface area contributed by atoms with Crippen LogP contribution in [0.2, 0.25) is 0 Å². The van der Waals surface area contributed by atoms with Gasteiger partial charge in [-0.2, -0.15) is 0 Å². The molecule has 1 N–H and O–H groups in total. The molecule has 0 atom stereocenters. The predicted octanol–water partition coefficient (Wildman–Crippen LogP) is 1.99. The van der Waals surface area contributed by atoms with Crippen LogP contribution in [0.25, 0.3) is 0 Å². The van der Waals surface area contributed by atoms with Crippen LogP contribution in [0.4, 0.5) is 5.69 Å². The lowest BCUT2D eigenvalue weighted by atomic mass is 10.1. The summed E-state index contributed by atoms with van der Waals surface area (Å²) < 4.78 is 0. The van der Waals surface area contributed by atoms with E-state index in [0.717, 1.165) is 25.2 Å². The van der Waals surface area contributed by atoms with Crippen LogP contribution in [0.5, 0.6) is 5.75 Å². The third kappa shape index (κ3) is 1.78. The number of rotatable bonds is 1. The molecule has 3 nitrogen and oxygen atoms in total. The van der Waals surface area contributed by atoms with Crippen molar-refractivity contribution in [3.05, 3.63) is 23.8 Å². The SMILES string of the molecule is Cc1ccc(N2CCN(C)CC23CC3)cc1O. The summed E-state index contributed by atoms with van der Waals surface area (Å²) in [5, 5.41) is 9.84. The molecule has 0 bridgehead atoms. The molecule has 1 aliphatic carbocycles. The molecule has 1 aromatic rings. The highest BCUT2D eigenvalue weighted by molar-refractivity contribution is 5.57. The van der Waals surface area contributed by atoms with Crippen molar-refractivity contribution in [1.82, 2.24) is 4.90 Å². The van der Waals surface area contributed by atoms with E-state index in [1.165, 1.54) is 18.5 Å². The summed E-state index contributed by atoms with van der Waals surface area (Å²) >= 11 is 0. The molecular formula is C14H20N2O. The summed E-state index contributed by atoms with van der Waals surface area (Å²) in [5.74, 6) is 0.414. The molecule has 0 unspecified atom stereocenters. The Balaban J connectivity index is 1.90. The summed E-state index contributed by atoms with van der Waals surface area (Å²) in [6.07, 6.45) is 2.57. The van der Waals surface area contributed by atoms with Crippen molar-refractivity contribution in [1.29, 1.82) is 0 Å². The van der Waals surface area contributed by atoms with Crippen LogP contribution in [-0.2, 0) is 0 Å². The number of likely N-dealkylation sites (N-methyl/N-ethyl adjacent to an activating group) is 1. The highest BCUT2D eigenvalue weighted by Crippen LogP contribution is 2.46. The van der Waals surface area contributed by atoms with Crippen molar-refractivity contribution in [2.45, 2.75) is 25.3 Å². The predicted molar refractivity (Wildman–Crippen MR) is 69.7 cm³/mol. The number of hydrogen-bond donors (Lipinski definition) is 1. The van der Waals surface area contributed by atoms with E-state index in [1.54, 1.807) is 0 Å². The molecule has 2 fully saturated rings. The maximum atomic E-state index is 9.84.